The molecule has 2 fully saturated rings. The minimum atomic E-state index is -0.317. The van der Waals surface area contributed by atoms with Crippen LogP contribution >= 0.6 is 0 Å². The third-order valence-electron chi connectivity index (χ3n) is 5.72. The highest BCUT2D eigenvalue weighted by molar-refractivity contribution is 5.71. The van der Waals surface area contributed by atoms with Gasteiger partial charge in [0, 0.05) is 44.1 Å². The number of para-hydroxylation sites is 1. The summed E-state index contributed by atoms with van der Waals surface area (Å²) in [5, 5.41) is 8.99. The van der Waals surface area contributed by atoms with Gasteiger partial charge in [0.2, 0.25) is 0 Å². The summed E-state index contributed by atoms with van der Waals surface area (Å²) in [4.78, 5) is 16.6. The van der Waals surface area contributed by atoms with Gasteiger partial charge in [0.05, 0.1) is 13.2 Å². The standard InChI is InChI=1S/C21H32N2O4/c1-3-6-17(2)23-16-21(27-20(23)25)9-11-22(12-10-21)15-18-7-4-5-8-19(18)26-14-13-24/h4-5,7-8,17,24H,3,6,9-16H2,1-2H3. The molecule has 1 unspecified atom stereocenters. The van der Waals surface area contributed by atoms with Crippen molar-refractivity contribution in [3.05, 3.63) is 29.8 Å². The number of nitrogens with zero attached hydrogens (tertiary/aromatic N) is 2. The summed E-state index contributed by atoms with van der Waals surface area (Å²) in [6, 6.07) is 8.22. The zero-order chi connectivity index (χ0) is 19.3. The van der Waals surface area contributed by atoms with Crippen LogP contribution in [0.4, 0.5) is 4.79 Å². The average Bonchev–Trinajstić information content (AvgIpc) is 2.99. The highest BCUT2D eigenvalue weighted by Gasteiger charge is 2.47. The van der Waals surface area contributed by atoms with E-state index in [1.165, 1.54) is 0 Å². The van der Waals surface area contributed by atoms with E-state index in [2.05, 4.69) is 24.8 Å². The van der Waals surface area contributed by atoms with Gasteiger partial charge in [0.1, 0.15) is 18.0 Å². The van der Waals surface area contributed by atoms with Gasteiger partial charge in [0.15, 0.2) is 0 Å². The molecule has 6 heteroatoms. The van der Waals surface area contributed by atoms with Gasteiger partial charge in [-0.15, -0.1) is 0 Å². The summed E-state index contributed by atoms with van der Waals surface area (Å²) in [5.41, 5.74) is 0.811. The van der Waals surface area contributed by atoms with Gasteiger partial charge < -0.3 is 19.5 Å². The molecule has 2 aliphatic rings. The van der Waals surface area contributed by atoms with Crippen LogP contribution in [0.2, 0.25) is 0 Å². The molecule has 6 nitrogen and oxygen atoms in total. The van der Waals surface area contributed by atoms with Crippen LogP contribution in [0.15, 0.2) is 24.3 Å². The molecule has 1 amide bonds. The first-order valence-electron chi connectivity index (χ1n) is 10.1. The number of aliphatic hydroxyl groups excluding tert-OH is 1. The summed E-state index contributed by atoms with van der Waals surface area (Å²) < 4.78 is 11.5. The van der Waals surface area contributed by atoms with Crippen LogP contribution in [-0.4, -0.2) is 65.5 Å². The van der Waals surface area contributed by atoms with Crippen LogP contribution in [-0.2, 0) is 11.3 Å². The van der Waals surface area contributed by atoms with Crippen LogP contribution < -0.4 is 4.74 Å². The molecule has 3 rings (SSSR count). The molecular weight excluding hydrogens is 344 g/mol. The number of hydrogen-bond donors (Lipinski definition) is 1. The second-order valence-corrected chi connectivity index (χ2v) is 7.77. The van der Waals surface area contributed by atoms with Gasteiger partial charge in [-0.3, -0.25) is 4.90 Å². The summed E-state index contributed by atoms with van der Waals surface area (Å²) in [6.45, 7) is 7.91. The molecule has 2 heterocycles. The SMILES string of the molecule is CCCC(C)N1CC2(CCN(Cc3ccccc3OCCO)CC2)OC1=O. The Hall–Kier alpha value is -1.79. The van der Waals surface area contributed by atoms with E-state index >= 15 is 0 Å². The number of rotatable bonds is 8. The molecule has 2 aliphatic heterocycles. The van der Waals surface area contributed by atoms with Crippen LogP contribution in [0, 0.1) is 0 Å². The maximum atomic E-state index is 12.3. The first kappa shape index (κ1) is 20.0. The van der Waals surface area contributed by atoms with Crippen molar-refractivity contribution in [1.29, 1.82) is 0 Å². The molecule has 27 heavy (non-hydrogen) atoms. The molecule has 1 atom stereocenters. The van der Waals surface area contributed by atoms with Crippen LogP contribution in [0.1, 0.15) is 45.1 Å². The van der Waals surface area contributed by atoms with Crippen molar-refractivity contribution in [2.24, 2.45) is 0 Å². The summed E-state index contributed by atoms with van der Waals surface area (Å²) in [6.07, 6.45) is 3.68. The third kappa shape index (κ3) is 4.74. The van der Waals surface area contributed by atoms with Gasteiger partial charge in [0.25, 0.3) is 0 Å². The summed E-state index contributed by atoms with van der Waals surface area (Å²) >= 11 is 0. The Balaban J connectivity index is 1.56. The first-order chi connectivity index (χ1) is 13.1. The maximum absolute atomic E-state index is 12.3. The Kier molecular flexibility index (Phi) is 6.60. The van der Waals surface area contributed by atoms with Crippen molar-refractivity contribution in [1.82, 2.24) is 9.80 Å². The fourth-order valence-electron chi connectivity index (χ4n) is 4.11. The molecule has 150 valence electrons. The van der Waals surface area contributed by atoms with Gasteiger partial charge in [-0.2, -0.15) is 0 Å². The van der Waals surface area contributed by atoms with Gasteiger partial charge in [-0.25, -0.2) is 4.79 Å². The predicted octanol–water partition coefficient (Wildman–Crippen LogP) is 3.03. The second kappa shape index (κ2) is 8.93. The van der Waals surface area contributed by atoms with Crippen molar-refractivity contribution in [2.45, 2.75) is 57.7 Å². The zero-order valence-corrected chi connectivity index (χ0v) is 16.5. The molecule has 0 saturated carbocycles. The molecule has 1 N–H and O–H groups in total. The van der Waals surface area contributed by atoms with Crippen LogP contribution in [0.25, 0.3) is 0 Å². The van der Waals surface area contributed by atoms with Crippen LogP contribution in [0.3, 0.4) is 0 Å². The Morgan fingerprint density at radius 1 is 1.30 bits per heavy atom. The van der Waals surface area contributed by atoms with Crippen molar-refractivity contribution in [3.8, 4) is 5.75 Å². The molecule has 1 spiro atoms. The number of hydrogen-bond acceptors (Lipinski definition) is 5. The van der Waals surface area contributed by atoms with E-state index in [1.807, 2.05) is 23.1 Å². The smallest absolute Gasteiger partial charge is 0.410 e. The van der Waals surface area contributed by atoms with Gasteiger partial charge in [-0.1, -0.05) is 31.5 Å². The summed E-state index contributed by atoms with van der Waals surface area (Å²) in [7, 11) is 0. The second-order valence-electron chi connectivity index (χ2n) is 7.77. The van der Waals surface area contributed by atoms with Crippen molar-refractivity contribution in [3.63, 3.8) is 0 Å². The molecule has 0 radical (unpaired) electrons. The maximum Gasteiger partial charge on any atom is 0.410 e. The number of likely N-dealkylation sites (tertiary alicyclic amines) is 1. The van der Waals surface area contributed by atoms with E-state index in [-0.39, 0.29) is 24.3 Å². The van der Waals surface area contributed by atoms with Crippen molar-refractivity contribution < 1.29 is 19.4 Å². The molecule has 0 aromatic heterocycles. The highest BCUT2D eigenvalue weighted by atomic mass is 16.6. The summed E-state index contributed by atoms with van der Waals surface area (Å²) in [5.74, 6) is 0.832. The quantitative estimate of drug-likeness (QED) is 0.756. The van der Waals surface area contributed by atoms with E-state index < -0.39 is 0 Å². The number of carbonyl (C=O) groups is 1. The first-order valence-corrected chi connectivity index (χ1v) is 10.1. The fraction of sp³-hybridized carbons (Fsp3) is 0.667. The van der Waals surface area contributed by atoms with E-state index in [0.717, 1.165) is 63.2 Å². The predicted molar refractivity (Wildman–Crippen MR) is 104 cm³/mol. The lowest BCUT2D eigenvalue weighted by molar-refractivity contribution is -0.00149. The number of carbonyl (C=O) groups excluding carboxylic acids is 1. The molecular formula is C21H32N2O4. The Labute approximate surface area is 162 Å². The lowest BCUT2D eigenvalue weighted by Crippen LogP contribution is -2.47. The Morgan fingerprint density at radius 2 is 2.04 bits per heavy atom. The number of aliphatic hydroxyl groups is 1. The van der Waals surface area contributed by atoms with Gasteiger partial charge >= 0.3 is 6.09 Å². The number of benzene rings is 1. The van der Waals surface area contributed by atoms with Gasteiger partial charge in [-0.05, 0) is 19.4 Å². The minimum Gasteiger partial charge on any atom is -0.491 e. The molecule has 1 aromatic rings. The van der Waals surface area contributed by atoms with Crippen LogP contribution in [0.5, 0.6) is 5.75 Å². The lowest BCUT2D eigenvalue weighted by Gasteiger charge is -2.37. The topological polar surface area (TPSA) is 62.2 Å². The monoisotopic (exact) mass is 376 g/mol. The minimum absolute atomic E-state index is 0.0128. The van der Waals surface area contributed by atoms with E-state index in [9.17, 15) is 4.79 Å². The Morgan fingerprint density at radius 3 is 2.74 bits per heavy atom. The third-order valence-corrected chi connectivity index (χ3v) is 5.72. The number of ether oxygens (including phenoxy) is 2. The number of piperidine rings is 1. The average molecular weight is 376 g/mol. The van der Waals surface area contributed by atoms with E-state index in [4.69, 9.17) is 14.6 Å². The lowest BCUT2D eigenvalue weighted by atomic mass is 9.90. The van der Waals surface area contributed by atoms with E-state index in [0.29, 0.717) is 6.61 Å². The normalized spacial score (nSPS) is 20.7. The van der Waals surface area contributed by atoms with Crippen molar-refractivity contribution in [2.75, 3.05) is 32.8 Å². The molecule has 0 bridgehead atoms. The molecule has 2 saturated heterocycles. The van der Waals surface area contributed by atoms with E-state index in [1.54, 1.807) is 0 Å². The molecule has 0 aliphatic carbocycles. The fourth-order valence-corrected chi connectivity index (χ4v) is 4.11. The largest absolute Gasteiger partial charge is 0.491 e. The highest BCUT2D eigenvalue weighted by Crippen LogP contribution is 2.35. The number of amides is 1. The Bertz CT molecular complexity index is 628. The molecule has 1 aromatic carbocycles. The van der Waals surface area contributed by atoms with Crippen molar-refractivity contribution >= 4 is 6.09 Å². The zero-order valence-electron chi connectivity index (χ0n) is 16.5.